The molecule has 1 heterocycles. The van der Waals surface area contributed by atoms with Gasteiger partial charge in [0.2, 0.25) is 0 Å². The lowest BCUT2D eigenvalue weighted by atomic mass is 9.91. The van der Waals surface area contributed by atoms with Crippen LogP contribution in [-0.2, 0) is 19.1 Å². The number of allylic oxidation sites excluding steroid dienone is 2. The summed E-state index contributed by atoms with van der Waals surface area (Å²) in [7, 11) is 1.27. The van der Waals surface area contributed by atoms with Gasteiger partial charge in [0.15, 0.2) is 11.4 Å². The summed E-state index contributed by atoms with van der Waals surface area (Å²) in [5.74, 6) is -0.410. The van der Waals surface area contributed by atoms with Gasteiger partial charge in [-0.3, -0.25) is 14.9 Å². The molecule has 0 unspecified atom stereocenters. The molecule has 2 aliphatic rings. The first kappa shape index (κ1) is 15.7. The van der Waals surface area contributed by atoms with Gasteiger partial charge in [0.05, 0.1) is 17.6 Å². The van der Waals surface area contributed by atoms with Gasteiger partial charge in [0.25, 0.3) is 5.69 Å². The van der Waals surface area contributed by atoms with E-state index in [9.17, 15) is 19.7 Å². The quantitative estimate of drug-likeness (QED) is 0.480. The van der Waals surface area contributed by atoms with Gasteiger partial charge < -0.3 is 9.47 Å². The molecule has 1 aliphatic carbocycles. The van der Waals surface area contributed by atoms with Crippen molar-refractivity contribution in [2.75, 3.05) is 7.11 Å². The highest BCUT2D eigenvalue weighted by Gasteiger charge is 2.41. The molecule has 0 atom stereocenters. The number of nitrogens with zero attached hydrogens (tertiary/aromatic N) is 1. The summed E-state index contributed by atoms with van der Waals surface area (Å²) in [6.45, 7) is 0. The topological polar surface area (TPSA) is 95.7 Å². The molecule has 122 valence electrons. The minimum Gasteiger partial charge on any atom is -0.478 e. The zero-order chi connectivity index (χ0) is 17.3. The van der Waals surface area contributed by atoms with Gasteiger partial charge in [-0.25, -0.2) is 4.79 Å². The molecule has 0 aromatic heterocycles. The summed E-state index contributed by atoms with van der Waals surface area (Å²) >= 11 is 0. The third-order valence-corrected chi connectivity index (χ3v) is 3.85. The fourth-order valence-corrected chi connectivity index (χ4v) is 2.64. The Balaban J connectivity index is 2.00. The monoisotopic (exact) mass is 327 g/mol. The molecule has 3 rings (SSSR count). The number of ketones is 1. The summed E-state index contributed by atoms with van der Waals surface area (Å²) < 4.78 is 10.7. The number of ether oxygens (including phenoxy) is 2. The Hall–Kier alpha value is -3.22. The Bertz CT molecular complexity index is 800. The number of carbonyl (C=O) groups excluding carboxylic acids is 2. The van der Waals surface area contributed by atoms with E-state index in [0.717, 1.165) is 0 Å². The maximum atomic E-state index is 12.1. The molecule has 0 amide bonds. The van der Waals surface area contributed by atoms with Crippen LogP contribution in [0.15, 0.2) is 54.1 Å². The number of carbonyl (C=O) groups is 2. The first-order valence-corrected chi connectivity index (χ1v) is 7.12. The number of non-ortho nitro benzene ring substituents is 1. The molecule has 0 N–H and O–H groups in total. The highest BCUT2D eigenvalue weighted by Crippen LogP contribution is 2.42. The second-order valence-corrected chi connectivity index (χ2v) is 5.41. The molecule has 0 fully saturated rings. The van der Waals surface area contributed by atoms with E-state index >= 15 is 0 Å². The van der Waals surface area contributed by atoms with E-state index < -0.39 is 16.5 Å². The first-order valence-electron chi connectivity index (χ1n) is 7.12. The van der Waals surface area contributed by atoms with Gasteiger partial charge in [-0.05, 0) is 36.4 Å². The van der Waals surface area contributed by atoms with Crippen molar-refractivity contribution in [3.05, 3.63) is 69.8 Å². The average Bonchev–Trinajstić information content (AvgIpc) is 2.97. The van der Waals surface area contributed by atoms with Crippen molar-refractivity contribution < 1.29 is 24.0 Å². The second kappa shape index (κ2) is 5.77. The van der Waals surface area contributed by atoms with Crippen LogP contribution in [-0.4, -0.2) is 29.4 Å². The van der Waals surface area contributed by atoms with E-state index in [1.165, 1.54) is 43.5 Å². The number of esters is 1. The van der Waals surface area contributed by atoms with Crippen LogP contribution in [0.4, 0.5) is 5.69 Å². The second-order valence-electron chi connectivity index (χ2n) is 5.41. The van der Waals surface area contributed by atoms with Crippen LogP contribution in [0.2, 0.25) is 0 Å². The predicted octanol–water partition coefficient (Wildman–Crippen LogP) is 2.33. The van der Waals surface area contributed by atoms with Crippen LogP contribution in [0.25, 0.3) is 5.76 Å². The number of benzene rings is 1. The van der Waals surface area contributed by atoms with Crippen molar-refractivity contribution in [3.8, 4) is 0 Å². The molecule has 0 radical (unpaired) electrons. The Labute approximate surface area is 137 Å². The summed E-state index contributed by atoms with van der Waals surface area (Å²) in [6.07, 6.45) is 6.17. The van der Waals surface area contributed by atoms with E-state index in [1.807, 2.05) is 0 Å². The van der Waals surface area contributed by atoms with Crippen LogP contribution < -0.4 is 0 Å². The number of methoxy groups -OCH3 is 1. The molecule has 1 spiro atoms. The van der Waals surface area contributed by atoms with Crippen LogP contribution >= 0.6 is 0 Å². The lowest BCUT2D eigenvalue weighted by Crippen LogP contribution is -2.26. The third kappa shape index (κ3) is 2.71. The summed E-state index contributed by atoms with van der Waals surface area (Å²) in [4.78, 5) is 33.7. The highest BCUT2D eigenvalue weighted by atomic mass is 16.6. The minimum absolute atomic E-state index is 0.0604. The zero-order valence-electron chi connectivity index (χ0n) is 12.7. The summed E-state index contributed by atoms with van der Waals surface area (Å²) in [6, 6.07) is 5.69. The minimum atomic E-state index is -0.922. The van der Waals surface area contributed by atoms with Crippen LogP contribution in [0, 0.1) is 10.1 Å². The third-order valence-electron chi connectivity index (χ3n) is 3.85. The smallest absolute Gasteiger partial charge is 0.337 e. The molecule has 0 saturated heterocycles. The zero-order valence-corrected chi connectivity index (χ0v) is 12.7. The number of hydrogen-bond acceptors (Lipinski definition) is 6. The molecule has 0 saturated carbocycles. The van der Waals surface area contributed by atoms with Gasteiger partial charge in [-0.1, -0.05) is 0 Å². The normalized spacial score (nSPS) is 18.0. The fourth-order valence-electron chi connectivity index (χ4n) is 2.64. The van der Waals surface area contributed by atoms with Crippen LogP contribution in [0.5, 0.6) is 0 Å². The summed E-state index contributed by atoms with van der Waals surface area (Å²) in [5.41, 5.74) is -0.143. The maximum absolute atomic E-state index is 12.1. The number of nitro groups is 1. The van der Waals surface area contributed by atoms with E-state index in [0.29, 0.717) is 16.9 Å². The maximum Gasteiger partial charge on any atom is 0.337 e. The number of hydrogen-bond donors (Lipinski definition) is 0. The van der Waals surface area contributed by atoms with Crippen molar-refractivity contribution in [1.82, 2.24) is 0 Å². The van der Waals surface area contributed by atoms with Crippen LogP contribution in [0.3, 0.4) is 0 Å². The molecule has 1 aromatic rings. The van der Waals surface area contributed by atoms with Gasteiger partial charge in [0, 0.05) is 24.1 Å². The Kier molecular flexibility index (Phi) is 3.76. The standard InChI is InChI=1S/C17H13NO6/c1-23-16(20)14-10-17(8-6-13(19)7-9-17)24-15(14)11-2-4-12(5-3-11)18(21)22/h2-9H,10H2,1H3. The lowest BCUT2D eigenvalue weighted by molar-refractivity contribution is -0.384. The van der Waals surface area contributed by atoms with E-state index in [1.54, 1.807) is 12.2 Å². The molecule has 1 aromatic carbocycles. The highest BCUT2D eigenvalue weighted by molar-refractivity contribution is 6.02. The molecule has 0 bridgehead atoms. The molecular formula is C17H13NO6. The Morgan fingerprint density at radius 3 is 2.42 bits per heavy atom. The molecule has 7 heteroatoms. The van der Waals surface area contributed by atoms with E-state index in [2.05, 4.69) is 0 Å². The summed E-state index contributed by atoms with van der Waals surface area (Å²) in [5, 5.41) is 10.8. The number of rotatable bonds is 3. The molecule has 7 nitrogen and oxygen atoms in total. The molecular weight excluding hydrogens is 314 g/mol. The lowest BCUT2D eigenvalue weighted by Gasteiger charge is -2.24. The van der Waals surface area contributed by atoms with Crippen molar-refractivity contribution in [2.45, 2.75) is 12.0 Å². The van der Waals surface area contributed by atoms with Crippen molar-refractivity contribution in [1.29, 1.82) is 0 Å². The van der Waals surface area contributed by atoms with E-state index in [4.69, 9.17) is 9.47 Å². The van der Waals surface area contributed by atoms with Crippen LogP contribution in [0.1, 0.15) is 12.0 Å². The SMILES string of the molecule is COC(=O)C1=C(c2ccc([N+](=O)[O-])cc2)OC2(C=CC(=O)C=C2)C1. The number of nitro benzene ring substituents is 1. The largest absolute Gasteiger partial charge is 0.478 e. The Morgan fingerprint density at radius 1 is 1.25 bits per heavy atom. The van der Waals surface area contributed by atoms with Gasteiger partial charge in [-0.2, -0.15) is 0 Å². The van der Waals surface area contributed by atoms with Gasteiger partial charge in [0.1, 0.15) is 5.76 Å². The average molecular weight is 327 g/mol. The van der Waals surface area contributed by atoms with E-state index in [-0.39, 0.29) is 17.9 Å². The van der Waals surface area contributed by atoms with Crippen molar-refractivity contribution >= 4 is 23.2 Å². The van der Waals surface area contributed by atoms with Gasteiger partial charge in [-0.15, -0.1) is 0 Å². The Morgan fingerprint density at radius 2 is 1.88 bits per heavy atom. The predicted molar refractivity (Wildman–Crippen MR) is 83.8 cm³/mol. The fraction of sp³-hybridized carbons (Fsp3) is 0.176. The first-order chi connectivity index (χ1) is 11.4. The van der Waals surface area contributed by atoms with Gasteiger partial charge >= 0.3 is 5.97 Å². The molecule has 24 heavy (non-hydrogen) atoms. The van der Waals surface area contributed by atoms with Crippen molar-refractivity contribution in [2.24, 2.45) is 0 Å². The van der Waals surface area contributed by atoms with Crippen molar-refractivity contribution in [3.63, 3.8) is 0 Å². The molecule has 1 aliphatic heterocycles.